The Labute approximate surface area is 246 Å². The lowest BCUT2D eigenvalue weighted by Crippen LogP contribution is -2.39. The van der Waals surface area contributed by atoms with Gasteiger partial charge in [-0.25, -0.2) is 18.6 Å². The van der Waals surface area contributed by atoms with Crippen LogP contribution in [0.3, 0.4) is 0 Å². The minimum atomic E-state index is -1.30. The van der Waals surface area contributed by atoms with Crippen molar-refractivity contribution in [3.63, 3.8) is 0 Å². The van der Waals surface area contributed by atoms with E-state index in [1.807, 2.05) is 20.8 Å². The molecule has 226 valence electrons. The highest BCUT2D eigenvalue weighted by molar-refractivity contribution is 5.85. The molecule has 1 atom stereocenters. The van der Waals surface area contributed by atoms with E-state index in [9.17, 15) is 14.3 Å². The molecule has 1 aromatic carbocycles. The van der Waals surface area contributed by atoms with Gasteiger partial charge in [0.2, 0.25) is 0 Å². The molecule has 1 saturated heterocycles. The molecule has 0 amide bonds. The number of aliphatic carboxylic acids is 1. The predicted molar refractivity (Wildman–Crippen MR) is 159 cm³/mol. The highest BCUT2D eigenvalue weighted by atomic mass is 19.1. The molecule has 1 aliphatic heterocycles. The number of anilines is 1. The van der Waals surface area contributed by atoms with Gasteiger partial charge in [0.1, 0.15) is 17.3 Å². The zero-order valence-corrected chi connectivity index (χ0v) is 25.3. The third-order valence-corrected chi connectivity index (χ3v) is 8.14. The first-order chi connectivity index (χ1) is 19.8. The molecule has 0 bridgehead atoms. The van der Waals surface area contributed by atoms with Gasteiger partial charge < -0.3 is 19.5 Å². The average molecular weight is 582 g/mol. The standard InChI is InChI=1S/C33H41F2N3O4/c1-7-33(5,6)42-30(31(39)40)27-21(2)36-20-25(29(27)38-15-13-32(3,4)14-16-38)28-26(35)18-24(19-37-28)41-17-12-22-8-10-23(34)11-9-22/h8-11,18-20,30H,7,12-17H2,1-6H3,(H,39,40)/t30-/m0/s1. The summed E-state index contributed by atoms with van der Waals surface area (Å²) in [6.07, 6.45) is 4.64. The van der Waals surface area contributed by atoms with Gasteiger partial charge >= 0.3 is 5.97 Å². The van der Waals surface area contributed by atoms with Gasteiger partial charge in [0, 0.05) is 48.6 Å². The van der Waals surface area contributed by atoms with Crippen LogP contribution in [-0.4, -0.2) is 46.3 Å². The summed E-state index contributed by atoms with van der Waals surface area (Å²) in [5.41, 5.74) is 2.33. The second-order valence-electron chi connectivity index (χ2n) is 12.3. The van der Waals surface area contributed by atoms with Crippen molar-refractivity contribution in [3.05, 3.63) is 71.2 Å². The smallest absolute Gasteiger partial charge is 0.337 e. The molecule has 1 fully saturated rings. The summed E-state index contributed by atoms with van der Waals surface area (Å²) < 4.78 is 40.8. The van der Waals surface area contributed by atoms with Crippen molar-refractivity contribution in [2.45, 2.75) is 78.9 Å². The summed E-state index contributed by atoms with van der Waals surface area (Å²) >= 11 is 0. The van der Waals surface area contributed by atoms with Crippen molar-refractivity contribution in [2.24, 2.45) is 5.41 Å². The zero-order chi connectivity index (χ0) is 30.7. The second kappa shape index (κ2) is 12.7. The first-order valence-electron chi connectivity index (χ1n) is 14.5. The Morgan fingerprint density at radius 2 is 1.79 bits per heavy atom. The van der Waals surface area contributed by atoms with Crippen molar-refractivity contribution >= 4 is 11.7 Å². The second-order valence-corrected chi connectivity index (χ2v) is 12.3. The fourth-order valence-electron chi connectivity index (χ4n) is 5.04. The Bertz CT molecular complexity index is 1400. The number of hydrogen-bond acceptors (Lipinski definition) is 6. The van der Waals surface area contributed by atoms with E-state index >= 15 is 4.39 Å². The van der Waals surface area contributed by atoms with Gasteiger partial charge in [0.05, 0.1) is 24.1 Å². The molecule has 0 saturated carbocycles. The van der Waals surface area contributed by atoms with Crippen LogP contribution in [0.1, 0.15) is 76.8 Å². The Morgan fingerprint density at radius 3 is 2.38 bits per heavy atom. The summed E-state index contributed by atoms with van der Waals surface area (Å²) in [4.78, 5) is 23.7. The number of carboxylic acids is 1. The average Bonchev–Trinajstić information content (AvgIpc) is 2.93. The summed E-state index contributed by atoms with van der Waals surface area (Å²) in [5.74, 6) is -1.78. The van der Waals surface area contributed by atoms with E-state index in [4.69, 9.17) is 9.47 Å². The number of benzene rings is 1. The van der Waals surface area contributed by atoms with Crippen LogP contribution in [0.25, 0.3) is 11.3 Å². The number of ether oxygens (including phenoxy) is 2. The van der Waals surface area contributed by atoms with E-state index < -0.39 is 23.5 Å². The third kappa shape index (κ3) is 7.43. The number of carboxylic acid groups (broad SMARTS) is 1. The zero-order valence-electron chi connectivity index (χ0n) is 25.3. The quantitative estimate of drug-likeness (QED) is 0.254. The first-order valence-corrected chi connectivity index (χ1v) is 14.5. The fraction of sp³-hybridized carbons (Fsp3) is 0.485. The summed E-state index contributed by atoms with van der Waals surface area (Å²) in [7, 11) is 0. The van der Waals surface area contributed by atoms with E-state index in [2.05, 4.69) is 28.7 Å². The number of aryl methyl sites for hydroxylation is 1. The highest BCUT2D eigenvalue weighted by Crippen LogP contribution is 2.44. The summed E-state index contributed by atoms with van der Waals surface area (Å²) in [6, 6.07) is 7.42. The maximum absolute atomic E-state index is 15.7. The summed E-state index contributed by atoms with van der Waals surface area (Å²) in [5, 5.41) is 10.4. The van der Waals surface area contributed by atoms with E-state index in [-0.39, 0.29) is 29.3 Å². The Balaban J connectivity index is 1.72. The number of aromatic nitrogens is 2. The highest BCUT2D eigenvalue weighted by Gasteiger charge is 2.37. The molecule has 1 N–H and O–H groups in total. The lowest BCUT2D eigenvalue weighted by Gasteiger charge is -2.41. The van der Waals surface area contributed by atoms with Gasteiger partial charge in [-0.3, -0.25) is 4.98 Å². The van der Waals surface area contributed by atoms with Crippen molar-refractivity contribution in [1.29, 1.82) is 0 Å². The van der Waals surface area contributed by atoms with Gasteiger partial charge in [-0.2, -0.15) is 0 Å². The van der Waals surface area contributed by atoms with Gasteiger partial charge in [0.25, 0.3) is 0 Å². The molecule has 2 aromatic heterocycles. The molecular formula is C33H41F2N3O4. The Morgan fingerprint density at radius 1 is 1.12 bits per heavy atom. The molecule has 0 aliphatic carbocycles. The summed E-state index contributed by atoms with van der Waals surface area (Å²) in [6.45, 7) is 13.5. The van der Waals surface area contributed by atoms with E-state index in [0.29, 0.717) is 48.4 Å². The maximum atomic E-state index is 15.7. The molecule has 3 aromatic rings. The number of hydrogen-bond donors (Lipinski definition) is 1. The monoisotopic (exact) mass is 581 g/mol. The topological polar surface area (TPSA) is 84.8 Å². The van der Waals surface area contributed by atoms with Gasteiger partial charge in [0.15, 0.2) is 11.9 Å². The first kappa shape index (κ1) is 31.3. The van der Waals surface area contributed by atoms with E-state index in [1.165, 1.54) is 24.4 Å². The van der Waals surface area contributed by atoms with Crippen molar-refractivity contribution < 1.29 is 28.2 Å². The van der Waals surface area contributed by atoms with Crippen LogP contribution in [-0.2, 0) is 16.0 Å². The third-order valence-electron chi connectivity index (χ3n) is 8.14. The van der Waals surface area contributed by atoms with Crippen molar-refractivity contribution in [3.8, 4) is 17.0 Å². The molecule has 4 rings (SSSR count). The number of carbonyl (C=O) groups is 1. The van der Waals surface area contributed by atoms with Crippen LogP contribution in [0, 0.1) is 24.0 Å². The maximum Gasteiger partial charge on any atom is 0.337 e. The largest absolute Gasteiger partial charge is 0.492 e. The molecule has 0 radical (unpaired) electrons. The number of pyridine rings is 2. The van der Waals surface area contributed by atoms with Crippen LogP contribution in [0.2, 0.25) is 0 Å². The predicted octanol–water partition coefficient (Wildman–Crippen LogP) is 7.31. The number of nitrogens with zero attached hydrogens (tertiary/aromatic N) is 3. The van der Waals surface area contributed by atoms with Crippen molar-refractivity contribution in [2.75, 3.05) is 24.6 Å². The molecule has 3 heterocycles. The van der Waals surface area contributed by atoms with Crippen LogP contribution in [0.15, 0.2) is 42.7 Å². The lowest BCUT2D eigenvalue weighted by atomic mass is 9.82. The molecule has 0 unspecified atom stereocenters. The SMILES string of the molecule is CCC(C)(C)O[C@H](C(=O)O)c1c(C)ncc(-c2ncc(OCCc3ccc(F)cc3)cc2F)c1N1CCC(C)(C)CC1. The molecule has 9 heteroatoms. The number of piperidine rings is 1. The number of rotatable bonds is 11. The Kier molecular flexibility index (Phi) is 9.50. The van der Waals surface area contributed by atoms with Crippen molar-refractivity contribution in [1.82, 2.24) is 9.97 Å². The molecule has 7 nitrogen and oxygen atoms in total. The molecule has 1 aliphatic rings. The minimum absolute atomic E-state index is 0.0633. The Hall–Kier alpha value is -3.59. The minimum Gasteiger partial charge on any atom is -0.492 e. The molecular weight excluding hydrogens is 540 g/mol. The lowest BCUT2D eigenvalue weighted by molar-refractivity contribution is -0.162. The van der Waals surface area contributed by atoms with E-state index in [1.54, 1.807) is 25.3 Å². The van der Waals surface area contributed by atoms with Crippen LogP contribution in [0.4, 0.5) is 14.5 Å². The normalized spacial score (nSPS) is 15.9. The number of halogens is 2. The van der Waals surface area contributed by atoms with E-state index in [0.717, 1.165) is 18.4 Å². The molecule has 42 heavy (non-hydrogen) atoms. The van der Waals surface area contributed by atoms with Crippen LogP contribution >= 0.6 is 0 Å². The fourth-order valence-corrected chi connectivity index (χ4v) is 5.04. The molecule has 0 spiro atoms. The van der Waals surface area contributed by atoms with Gasteiger partial charge in [-0.1, -0.05) is 32.9 Å². The van der Waals surface area contributed by atoms with Gasteiger partial charge in [-0.15, -0.1) is 0 Å². The van der Waals surface area contributed by atoms with Crippen LogP contribution < -0.4 is 9.64 Å². The van der Waals surface area contributed by atoms with Gasteiger partial charge in [-0.05, 0) is 63.1 Å². The van der Waals surface area contributed by atoms with Crippen LogP contribution in [0.5, 0.6) is 5.75 Å².